The van der Waals surface area contributed by atoms with Gasteiger partial charge in [0.2, 0.25) is 10.0 Å². The van der Waals surface area contributed by atoms with Crippen LogP contribution in [0.3, 0.4) is 0 Å². The Morgan fingerprint density at radius 1 is 0.781 bits per heavy atom. The summed E-state index contributed by atoms with van der Waals surface area (Å²) in [5.41, 5.74) is -4.75. The van der Waals surface area contributed by atoms with Crippen LogP contribution in [0.1, 0.15) is 16.7 Å². The van der Waals surface area contributed by atoms with Crippen LogP contribution in [0, 0.1) is 37.1 Å². The lowest BCUT2D eigenvalue weighted by atomic mass is 9.89. The highest BCUT2D eigenvalue weighted by molar-refractivity contribution is 7.89. The summed E-state index contributed by atoms with van der Waals surface area (Å²) < 4.78 is 122. The van der Waals surface area contributed by atoms with Crippen molar-refractivity contribution < 1.29 is 39.2 Å². The van der Waals surface area contributed by atoms with Gasteiger partial charge in [0.25, 0.3) is 0 Å². The van der Waals surface area contributed by atoms with E-state index in [2.05, 4.69) is 0 Å². The van der Waals surface area contributed by atoms with Crippen molar-refractivity contribution in [2.45, 2.75) is 24.9 Å². The zero-order valence-electron chi connectivity index (χ0n) is 16.4. The molecule has 3 aromatic carbocycles. The molecular weight excluding hydrogens is 463 g/mol. The second-order valence-electron chi connectivity index (χ2n) is 7.03. The summed E-state index contributed by atoms with van der Waals surface area (Å²) in [4.78, 5) is -0.717. The van der Waals surface area contributed by atoms with Crippen molar-refractivity contribution in [3.8, 4) is 22.3 Å². The maximum atomic E-state index is 14.9. The Hall–Kier alpha value is -2.92. The molecule has 0 spiro atoms. The van der Waals surface area contributed by atoms with Crippen LogP contribution >= 0.6 is 0 Å². The Bertz CT molecular complexity index is 1330. The van der Waals surface area contributed by atoms with Crippen LogP contribution in [0.5, 0.6) is 0 Å². The average Bonchev–Trinajstić information content (AvgIpc) is 2.66. The molecule has 0 bridgehead atoms. The van der Waals surface area contributed by atoms with Gasteiger partial charge >= 0.3 is 6.18 Å². The van der Waals surface area contributed by atoms with E-state index >= 15 is 0 Å². The summed E-state index contributed by atoms with van der Waals surface area (Å²) in [6, 6.07) is 6.01. The van der Waals surface area contributed by atoms with Gasteiger partial charge in [0.1, 0.15) is 0 Å². The smallest absolute Gasteiger partial charge is 0.225 e. The van der Waals surface area contributed by atoms with Crippen molar-refractivity contribution in [3.63, 3.8) is 0 Å². The summed E-state index contributed by atoms with van der Waals surface area (Å²) in [5, 5.41) is 5.12. The Morgan fingerprint density at radius 3 is 1.72 bits per heavy atom. The predicted molar refractivity (Wildman–Crippen MR) is 103 cm³/mol. The van der Waals surface area contributed by atoms with Crippen molar-refractivity contribution in [1.29, 1.82) is 0 Å². The van der Waals surface area contributed by atoms with Gasteiger partial charge in [-0.15, -0.1) is 0 Å². The van der Waals surface area contributed by atoms with Crippen LogP contribution < -0.4 is 5.14 Å². The first-order chi connectivity index (χ1) is 14.7. The van der Waals surface area contributed by atoms with Crippen LogP contribution in [0.25, 0.3) is 22.3 Å². The molecule has 11 heteroatoms. The van der Waals surface area contributed by atoms with Gasteiger partial charge in [-0.25, -0.2) is 31.1 Å². The van der Waals surface area contributed by atoms with Crippen molar-refractivity contribution in [2.24, 2.45) is 5.14 Å². The van der Waals surface area contributed by atoms with Gasteiger partial charge in [-0.1, -0.05) is 30.3 Å². The number of rotatable bonds is 3. The summed E-state index contributed by atoms with van der Waals surface area (Å²) in [6.45, 7) is 2.12. The van der Waals surface area contributed by atoms with E-state index in [1.54, 1.807) is 0 Å². The fraction of sp³-hybridized carbons (Fsp3) is 0.143. The normalized spacial score (nSPS) is 12.3. The number of benzene rings is 3. The van der Waals surface area contributed by atoms with Gasteiger partial charge in [0, 0.05) is 16.7 Å². The van der Waals surface area contributed by atoms with Crippen LogP contribution in [-0.4, -0.2) is 8.42 Å². The van der Waals surface area contributed by atoms with E-state index in [0.717, 1.165) is 38.1 Å². The molecule has 0 fully saturated rings. The molecule has 0 heterocycles. The molecule has 3 nitrogen and oxygen atoms in total. The number of primary sulfonamides is 1. The minimum atomic E-state index is -4.76. The molecule has 170 valence electrons. The second-order valence-corrected chi connectivity index (χ2v) is 8.56. The number of hydrogen-bond acceptors (Lipinski definition) is 2. The number of alkyl halides is 3. The van der Waals surface area contributed by atoms with Crippen LogP contribution in [0.2, 0.25) is 0 Å². The van der Waals surface area contributed by atoms with Gasteiger partial charge in [-0.3, -0.25) is 0 Å². The van der Waals surface area contributed by atoms with Gasteiger partial charge in [0.05, 0.1) is 10.5 Å². The molecule has 0 radical (unpaired) electrons. The molecule has 0 amide bonds. The fourth-order valence-electron chi connectivity index (χ4n) is 3.63. The third kappa shape index (κ3) is 3.97. The number of halogens is 7. The maximum Gasteiger partial charge on any atom is 0.416 e. The Kier molecular flexibility index (Phi) is 5.85. The Morgan fingerprint density at radius 2 is 1.25 bits per heavy atom. The number of aryl methyl sites for hydroxylation is 2. The highest BCUT2D eigenvalue weighted by Crippen LogP contribution is 2.43. The van der Waals surface area contributed by atoms with Crippen LogP contribution in [-0.2, 0) is 16.2 Å². The molecule has 0 unspecified atom stereocenters. The first-order valence-electron chi connectivity index (χ1n) is 8.83. The largest absolute Gasteiger partial charge is 0.416 e. The number of hydrogen-bond donors (Lipinski definition) is 1. The molecule has 0 atom stereocenters. The van der Waals surface area contributed by atoms with Crippen molar-refractivity contribution >= 4 is 10.0 Å². The molecule has 0 aliphatic rings. The fourth-order valence-corrected chi connectivity index (χ4v) is 4.38. The van der Waals surface area contributed by atoms with E-state index < -0.39 is 72.2 Å². The zero-order chi connectivity index (χ0) is 24.2. The molecule has 0 aromatic heterocycles. The molecule has 3 aromatic rings. The number of nitrogens with two attached hydrogens (primary N) is 1. The molecule has 0 saturated heterocycles. The Labute approximate surface area is 178 Å². The van der Waals surface area contributed by atoms with Gasteiger partial charge in [-0.05, 0) is 36.6 Å². The van der Waals surface area contributed by atoms with Crippen LogP contribution in [0.15, 0.2) is 41.3 Å². The van der Waals surface area contributed by atoms with Crippen molar-refractivity contribution in [1.82, 2.24) is 0 Å². The second kappa shape index (κ2) is 7.89. The highest BCUT2D eigenvalue weighted by Gasteiger charge is 2.35. The molecular formula is C21H14F7NO2S. The van der Waals surface area contributed by atoms with E-state index in [-0.39, 0.29) is 11.1 Å². The van der Waals surface area contributed by atoms with Crippen molar-refractivity contribution in [2.75, 3.05) is 0 Å². The molecule has 0 saturated carbocycles. The summed E-state index contributed by atoms with van der Waals surface area (Å²) in [6.07, 6.45) is -4.76. The number of sulfonamides is 1. The third-order valence-corrected chi connectivity index (χ3v) is 5.80. The Balaban J connectivity index is 2.51. The van der Waals surface area contributed by atoms with E-state index in [1.807, 2.05) is 0 Å². The summed E-state index contributed by atoms with van der Waals surface area (Å²) in [5.74, 6) is -8.25. The highest BCUT2D eigenvalue weighted by atomic mass is 32.2. The summed E-state index contributed by atoms with van der Waals surface area (Å²) in [7, 11) is -4.53. The van der Waals surface area contributed by atoms with Gasteiger partial charge < -0.3 is 0 Å². The lowest BCUT2D eigenvalue weighted by Crippen LogP contribution is -2.14. The van der Waals surface area contributed by atoms with E-state index in [4.69, 9.17) is 5.14 Å². The lowest BCUT2D eigenvalue weighted by molar-refractivity contribution is -0.138. The minimum absolute atomic E-state index is 0.386. The minimum Gasteiger partial charge on any atom is -0.225 e. The standard InChI is InChI=1S/C21H14F7NO2S/c1-9-7-11(8-10(2)16(9)21(26,27)28)14-15(18(23)20(25)19(24)17(14)22)12-5-3-4-6-13(12)32(29,30)31/h3-8H,1-2H3,(H2,29,30,31). The maximum absolute atomic E-state index is 14.9. The zero-order valence-corrected chi connectivity index (χ0v) is 17.2. The van der Waals surface area contributed by atoms with Gasteiger partial charge in [-0.2, -0.15) is 13.2 Å². The quantitative estimate of drug-likeness (QED) is 0.292. The topological polar surface area (TPSA) is 60.2 Å². The SMILES string of the molecule is Cc1cc(-c2c(F)c(F)c(F)c(F)c2-c2ccccc2S(N)(=O)=O)cc(C)c1C(F)(F)F. The van der Waals surface area contributed by atoms with Gasteiger partial charge in [0.15, 0.2) is 23.3 Å². The van der Waals surface area contributed by atoms with E-state index in [9.17, 15) is 39.2 Å². The molecule has 2 N–H and O–H groups in total. The lowest BCUT2D eigenvalue weighted by Gasteiger charge is -2.19. The van der Waals surface area contributed by atoms with E-state index in [1.165, 1.54) is 12.1 Å². The predicted octanol–water partition coefficient (Wildman–Crippen LogP) is 5.86. The molecule has 32 heavy (non-hydrogen) atoms. The molecule has 0 aliphatic carbocycles. The third-order valence-electron chi connectivity index (χ3n) is 4.83. The molecule has 0 aliphatic heterocycles. The monoisotopic (exact) mass is 477 g/mol. The first-order valence-corrected chi connectivity index (χ1v) is 10.4. The first kappa shape index (κ1) is 23.7. The van der Waals surface area contributed by atoms with Crippen LogP contribution in [0.4, 0.5) is 30.7 Å². The van der Waals surface area contributed by atoms with E-state index in [0.29, 0.717) is 0 Å². The molecule has 3 rings (SSSR count). The summed E-state index contributed by atoms with van der Waals surface area (Å²) >= 11 is 0. The average molecular weight is 477 g/mol. The van der Waals surface area contributed by atoms with Crippen molar-refractivity contribution in [3.05, 3.63) is 76.4 Å².